The van der Waals surface area contributed by atoms with Crippen molar-refractivity contribution in [3.05, 3.63) is 28.8 Å². The first-order valence-corrected chi connectivity index (χ1v) is 6.67. The molecular weight excluding hydrogens is 248 g/mol. The van der Waals surface area contributed by atoms with Crippen LogP contribution >= 0.6 is 11.6 Å². The molecule has 0 aliphatic heterocycles. The van der Waals surface area contributed by atoms with Crippen LogP contribution in [0.25, 0.3) is 0 Å². The average Bonchev–Trinajstić information content (AvgIpc) is 2.38. The zero-order chi connectivity index (χ0) is 13.2. The number of nitriles is 1. The zero-order valence-electron chi connectivity index (χ0n) is 10.7. The smallest absolute Gasteiger partial charge is 0.101 e. The summed E-state index contributed by atoms with van der Waals surface area (Å²) < 4.78 is 5.46. The Bertz CT molecular complexity index is 401. The molecule has 0 aromatic heterocycles. The Balaban J connectivity index is 2.20. The Labute approximate surface area is 114 Å². The lowest BCUT2D eigenvalue weighted by Crippen LogP contribution is -2.06. The summed E-state index contributed by atoms with van der Waals surface area (Å²) in [5.74, 6) is 0. The van der Waals surface area contributed by atoms with Crippen molar-refractivity contribution in [3.63, 3.8) is 0 Å². The van der Waals surface area contributed by atoms with Gasteiger partial charge < -0.3 is 10.1 Å². The van der Waals surface area contributed by atoms with Gasteiger partial charge in [0.2, 0.25) is 0 Å². The molecule has 1 aromatic rings. The Morgan fingerprint density at radius 1 is 1.33 bits per heavy atom. The maximum absolute atomic E-state index is 8.75. The van der Waals surface area contributed by atoms with Gasteiger partial charge in [-0.05, 0) is 31.0 Å². The van der Waals surface area contributed by atoms with E-state index in [1.807, 2.05) is 12.1 Å². The molecule has 0 bridgehead atoms. The summed E-state index contributed by atoms with van der Waals surface area (Å²) in [6.45, 7) is 4.62. The molecule has 98 valence electrons. The number of nitrogens with zero attached hydrogens (tertiary/aromatic N) is 1. The minimum Gasteiger partial charge on any atom is -0.385 e. The fourth-order valence-corrected chi connectivity index (χ4v) is 1.69. The van der Waals surface area contributed by atoms with E-state index < -0.39 is 0 Å². The molecular formula is C14H19ClN2O. The van der Waals surface area contributed by atoms with Crippen LogP contribution in [0.2, 0.25) is 5.02 Å². The van der Waals surface area contributed by atoms with Gasteiger partial charge >= 0.3 is 0 Å². The number of benzene rings is 1. The number of nitrogens with one attached hydrogen (secondary N) is 1. The summed E-state index contributed by atoms with van der Waals surface area (Å²) in [6, 6.07) is 7.40. The van der Waals surface area contributed by atoms with Gasteiger partial charge in [-0.3, -0.25) is 0 Å². The Morgan fingerprint density at radius 3 is 2.78 bits per heavy atom. The number of hydrogen-bond acceptors (Lipinski definition) is 3. The third-order valence-corrected chi connectivity index (χ3v) is 2.84. The monoisotopic (exact) mass is 266 g/mol. The predicted octanol–water partition coefficient (Wildman–Crippen LogP) is 3.83. The molecule has 18 heavy (non-hydrogen) atoms. The molecule has 0 atom stereocenters. The van der Waals surface area contributed by atoms with Crippen molar-refractivity contribution < 1.29 is 4.74 Å². The Morgan fingerprint density at radius 2 is 2.11 bits per heavy atom. The highest BCUT2D eigenvalue weighted by atomic mass is 35.5. The topological polar surface area (TPSA) is 45.0 Å². The molecule has 0 heterocycles. The molecule has 0 saturated carbocycles. The third-order valence-electron chi connectivity index (χ3n) is 2.53. The summed E-state index contributed by atoms with van der Waals surface area (Å²) in [5, 5.41) is 12.5. The van der Waals surface area contributed by atoms with Crippen molar-refractivity contribution in [1.82, 2.24) is 0 Å². The quantitative estimate of drug-likeness (QED) is 0.728. The van der Waals surface area contributed by atoms with Crippen molar-refractivity contribution >= 4 is 17.3 Å². The van der Waals surface area contributed by atoms with Gasteiger partial charge in [0.15, 0.2) is 0 Å². The summed E-state index contributed by atoms with van der Waals surface area (Å²) in [7, 11) is 0. The van der Waals surface area contributed by atoms with Crippen molar-refractivity contribution in [2.75, 3.05) is 25.1 Å². The number of rotatable bonds is 8. The predicted molar refractivity (Wildman–Crippen MR) is 75.0 cm³/mol. The first kappa shape index (κ1) is 14.8. The molecule has 1 aromatic carbocycles. The fraction of sp³-hybridized carbons (Fsp3) is 0.500. The lowest BCUT2D eigenvalue weighted by molar-refractivity contribution is 0.131. The van der Waals surface area contributed by atoms with Gasteiger partial charge in [-0.2, -0.15) is 5.26 Å². The van der Waals surface area contributed by atoms with Crippen molar-refractivity contribution in [2.24, 2.45) is 0 Å². The minimum absolute atomic E-state index is 0.488. The molecule has 0 unspecified atom stereocenters. The number of hydrogen-bond donors (Lipinski definition) is 1. The van der Waals surface area contributed by atoms with E-state index in [9.17, 15) is 0 Å². The van der Waals surface area contributed by atoms with Crippen LogP contribution in [0.3, 0.4) is 0 Å². The highest BCUT2D eigenvalue weighted by Crippen LogP contribution is 2.19. The van der Waals surface area contributed by atoms with Gasteiger partial charge in [-0.15, -0.1) is 0 Å². The first-order valence-electron chi connectivity index (χ1n) is 6.29. The van der Waals surface area contributed by atoms with Crippen LogP contribution in [0.15, 0.2) is 18.2 Å². The van der Waals surface area contributed by atoms with Crippen LogP contribution in [-0.2, 0) is 4.74 Å². The highest BCUT2D eigenvalue weighted by molar-refractivity contribution is 6.32. The molecule has 0 fully saturated rings. The lowest BCUT2D eigenvalue weighted by atomic mass is 10.2. The average molecular weight is 267 g/mol. The SMILES string of the molecule is CCCCOCCCNc1ccc(C#N)c(Cl)c1. The number of ether oxygens (including phenoxy) is 1. The normalized spacial score (nSPS) is 10.1. The van der Waals surface area contributed by atoms with E-state index in [1.165, 1.54) is 6.42 Å². The van der Waals surface area contributed by atoms with Crippen LogP contribution in [-0.4, -0.2) is 19.8 Å². The van der Waals surface area contributed by atoms with Crippen LogP contribution in [0.4, 0.5) is 5.69 Å². The van der Waals surface area contributed by atoms with Crippen LogP contribution < -0.4 is 5.32 Å². The van der Waals surface area contributed by atoms with Gasteiger partial charge in [0.05, 0.1) is 10.6 Å². The van der Waals surface area contributed by atoms with Gasteiger partial charge in [0.1, 0.15) is 6.07 Å². The summed E-state index contributed by atoms with van der Waals surface area (Å²) in [6.07, 6.45) is 3.25. The summed E-state index contributed by atoms with van der Waals surface area (Å²) in [5.41, 5.74) is 1.44. The second-order valence-corrected chi connectivity index (χ2v) is 4.46. The van der Waals surface area contributed by atoms with Crippen molar-refractivity contribution in [1.29, 1.82) is 5.26 Å². The van der Waals surface area contributed by atoms with Crippen LogP contribution in [0.1, 0.15) is 31.7 Å². The van der Waals surface area contributed by atoms with Crippen molar-refractivity contribution in [3.8, 4) is 6.07 Å². The number of anilines is 1. The Hall–Kier alpha value is -1.24. The van der Waals surface area contributed by atoms with E-state index in [1.54, 1.807) is 12.1 Å². The maximum atomic E-state index is 8.75. The van der Waals surface area contributed by atoms with E-state index in [-0.39, 0.29) is 0 Å². The van der Waals surface area contributed by atoms with Crippen LogP contribution in [0.5, 0.6) is 0 Å². The third kappa shape index (κ3) is 5.39. The minimum atomic E-state index is 0.488. The molecule has 4 heteroatoms. The standard InChI is InChI=1S/C14H19ClN2O/c1-2-3-8-18-9-4-7-17-13-6-5-12(11-16)14(15)10-13/h5-6,10,17H,2-4,7-9H2,1H3. The van der Waals surface area contributed by atoms with Crippen LogP contribution in [0, 0.1) is 11.3 Å². The van der Waals surface area contributed by atoms with Gasteiger partial charge in [0.25, 0.3) is 0 Å². The van der Waals surface area contributed by atoms with E-state index >= 15 is 0 Å². The summed E-state index contributed by atoms with van der Waals surface area (Å²) in [4.78, 5) is 0. The molecule has 0 spiro atoms. The van der Waals surface area contributed by atoms with Gasteiger partial charge in [-0.25, -0.2) is 0 Å². The van der Waals surface area contributed by atoms with Gasteiger partial charge in [-0.1, -0.05) is 24.9 Å². The fourth-order valence-electron chi connectivity index (χ4n) is 1.47. The second kappa shape index (κ2) is 8.79. The zero-order valence-corrected chi connectivity index (χ0v) is 11.5. The lowest BCUT2D eigenvalue weighted by Gasteiger charge is -2.07. The second-order valence-electron chi connectivity index (χ2n) is 4.05. The molecule has 1 N–H and O–H groups in total. The van der Waals surface area contributed by atoms with E-state index in [0.29, 0.717) is 10.6 Å². The van der Waals surface area contributed by atoms with E-state index in [4.69, 9.17) is 21.6 Å². The molecule has 0 aliphatic rings. The molecule has 0 aliphatic carbocycles. The molecule has 0 radical (unpaired) electrons. The maximum Gasteiger partial charge on any atom is 0.101 e. The van der Waals surface area contributed by atoms with Crippen molar-refractivity contribution in [2.45, 2.75) is 26.2 Å². The van der Waals surface area contributed by atoms with E-state index in [0.717, 1.165) is 38.3 Å². The molecule has 0 amide bonds. The Kier molecular flexibility index (Phi) is 7.24. The number of halogens is 1. The van der Waals surface area contributed by atoms with Gasteiger partial charge in [0, 0.05) is 25.4 Å². The first-order chi connectivity index (χ1) is 8.77. The molecule has 1 rings (SSSR count). The molecule has 3 nitrogen and oxygen atoms in total. The highest BCUT2D eigenvalue weighted by Gasteiger charge is 2.00. The van der Waals surface area contributed by atoms with E-state index in [2.05, 4.69) is 12.2 Å². The molecule has 0 saturated heterocycles. The number of unbranched alkanes of at least 4 members (excludes halogenated alkanes) is 1. The summed E-state index contributed by atoms with van der Waals surface area (Å²) >= 11 is 5.94. The largest absolute Gasteiger partial charge is 0.385 e.